The maximum atomic E-state index is 13.6. The second kappa shape index (κ2) is 9.35. The number of anilines is 1. The lowest BCUT2D eigenvalue weighted by molar-refractivity contribution is -0.133. The fraction of sp³-hybridized carbons (Fsp3) is 0.280. The van der Waals surface area contributed by atoms with Gasteiger partial charge in [0.05, 0.1) is 26.1 Å². The Bertz CT molecular complexity index is 1050. The van der Waals surface area contributed by atoms with E-state index in [-0.39, 0.29) is 24.3 Å². The third-order valence-corrected chi connectivity index (χ3v) is 6.63. The van der Waals surface area contributed by atoms with Crippen molar-refractivity contribution in [2.75, 3.05) is 18.6 Å². The standard InChI is InChI=1S/C25H26N2O3S/c1-18(28)26-14-13-19-6-3-4-8-23(19)24(26)16-25(29)27(17-22-7-5-15-31-22)20-9-11-21(30-2)12-10-20/h3-12,15,24H,13-14,16-17H2,1-2H3. The van der Waals surface area contributed by atoms with Crippen LogP contribution in [0.2, 0.25) is 0 Å². The van der Waals surface area contributed by atoms with Gasteiger partial charge in [-0.05, 0) is 53.3 Å². The highest BCUT2D eigenvalue weighted by molar-refractivity contribution is 7.09. The lowest BCUT2D eigenvalue weighted by Crippen LogP contribution is -2.42. The van der Waals surface area contributed by atoms with Gasteiger partial charge >= 0.3 is 0 Å². The van der Waals surface area contributed by atoms with Gasteiger partial charge < -0.3 is 14.5 Å². The number of rotatable bonds is 6. The molecule has 1 aromatic heterocycles. The third-order valence-electron chi connectivity index (χ3n) is 5.76. The number of ether oxygens (including phenoxy) is 1. The molecule has 5 nitrogen and oxygen atoms in total. The van der Waals surface area contributed by atoms with Gasteiger partial charge in [0.2, 0.25) is 11.8 Å². The van der Waals surface area contributed by atoms with E-state index in [1.807, 2.05) is 64.9 Å². The van der Waals surface area contributed by atoms with E-state index in [9.17, 15) is 9.59 Å². The molecule has 0 N–H and O–H groups in total. The summed E-state index contributed by atoms with van der Waals surface area (Å²) in [5.41, 5.74) is 3.10. The smallest absolute Gasteiger partial charge is 0.229 e. The van der Waals surface area contributed by atoms with Crippen molar-refractivity contribution in [3.8, 4) is 5.75 Å². The Morgan fingerprint density at radius 3 is 2.55 bits per heavy atom. The zero-order chi connectivity index (χ0) is 21.8. The molecule has 6 heteroatoms. The Labute approximate surface area is 186 Å². The molecule has 1 atom stereocenters. The maximum Gasteiger partial charge on any atom is 0.229 e. The van der Waals surface area contributed by atoms with Crippen molar-refractivity contribution in [3.05, 3.63) is 82.0 Å². The molecule has 0 spiro atoms. The Hall–Kier alpha value is -3.12. The van der Waals surface area contributed by atoms with Gasteiger partial charge in [-0.3, -0.25) is 9.59 Å². The van der Waals surface area contributed by atoms with Gasteiger partial charge in [-0.25, -0.2) is 0 Å². The molecule has 0 fully saturated rings. The Morgan fingerprint density at radius 1 is 1.10 bits per heavy atom. The zero-order valence-corrected chi connectivity index (χ0v) is 18.6. The van der Waals surface area contributed by atoms with E-state index in [1.54, 1.807) is 30.3 Å². The largest absolute Gasteiger partial charge is 0.497 e. The van der Waals surface area contributed by atoms with E-state index in [0.29, 0.717) is 13.1 Å². The van der Waals surface area contributed by atoms with Crippen LogP contribution in [0.5, 0.6) is 5.75 Å². The van der Waals surface area contributed by atoms with Crippen LogP contribution in [-0.4, -0.2) is 30.4 Å². The highest BCUT2D eigenvalue weighted by Crippen LogP contribution is 2.34. The molecule has 2 amide bonds. The quantitative estimate of drug-likeness (QED) is 0.559. The molecule has 1 aliphatic rings. The zero-order valence-electron chi connectivity index (χ0n) is 17.8. The van der Waals surface area contributed by atoms with Crippen LogP contribution in [0.25, 0.3) is 0 Å². The van der Waals surface area contributed by atoms with Crippen molar-refractivity contribution < 1.29 is 14.3 Å². The van der Waals surface area contributed by atoms with E-state index >= 15 is 0 Å². The van der Waals surface area contributed by atoms with Crippen LogP contribution in [0.4, 0.5) is 5.69 Å². The van der Waals surface area contributed by atoms with Gasteiger partial charge in [-0.15, -0.1) is 11.3 Å². The average molecular weight is 435 g/mol. The van der Waals surface area contributed by atoms with Gasteiger partial charge in [0.25, 0.3) is 0 Å². The number of carbonyl (C=O) groups excluding carboxylic acids is 2. The molecular weight excluding hydrogens is 408 g/mol. The molecule has 160 valence electrons. The van der Waals surface area contributed by atoms with Gasteiger partial charge in [0.15, 0.2) is 0 Å². The molecule has 31 heavy (non-hydrogen) atoms. The molecular formula is C25H26N2O3S. The second-order valence-electron chi connectivity index (χ2n) is 7.64. The van der Waals surface area contributed by atoms with E-state index in [4.69, 9.17) is 4.74 Å². The predicted octanol–water partition coefficient (Wildman–Crippen LogP) is 4.83. The summed E-state index contributed by atoms with van der Waals surface area (Å²) in [5.74, 6) is 0.740. The molecule has 1 unspecified atom stereocenters. The van der Waals surface area contributed by atoms with Crippen molar-refractivity contribution in [1.82, 2.24) is 4.90 Å². The van der Waals surface area contributed by atoms with Gasteiger partial charge in [-0.2, -0.15) is 0 Å². The van der Waals surface area contributed by atoms with E-state index in [0.717, 1.165) is 28.3 Å². The molecule has 0 aliphatic carbocycles. The average Bonchev–Trinajstić information content (AvgIpc) is 3.31. The highest BCUT2D eigenvalue weighted by Gasteiger charge is 2.32. The Morgan fingerprint density at radius 2 is 1.87 bits per heavy atom. The summed E-state index contributed by atoms with van der Waals surface area (Å²) in [6, 6.07) is 19.4. The second-order valence-corrected chi connectivity index (χ2v) is 8.67. The topological polar surface area (TPSA) is 49.9 Å². The highest BCUT2D eigenvalue weighted by atomic mass is 32.1. The number of benzene rings is 2. The fourth-order valence-corrected chi connectivity index (χ4v) is 4.86. The summed E-state index contributed by atoms with van der Waals surface area (Å²) in [5, 5.41) is 2.01. The minimum Gasteiger partial charge on any atom is -0.497 e. The van der Waals surface area contributed by atoms with Gasteiger partial charge in [0.1, 0.15) is 5.75 Å². The number of nitrogens with zero attached hydrogens (tertiary/aromatic N) is 2. The number of hydrogen-bond acceptors (Lipinski definition) is 4. The van der Waals surface area contributed by atoms with Crippen LogP contribution in [0.1, 0.15) is 35.4 Å². The van der Waals surface area contributed by atoms with Crippen LogP contribution in [0, 0.1) is 0 Å². The fourth-order valence-electron chi connectivity index (χ4n) is 4.17. The number of hydrogen-bond donors (Lipinski definition) is 0. The molecule has 2 heterocycles. The molecule has 3 aromatic rings. The van der Waals surface area contributed by atoms with Crippen molar-refractivity contribution in [3.63, 3.8) is 0 Å². The normalized spacial score (nSPS) is 15.3. The number of fused-ring (bicyclic) bond motifs is 1. The maximum absolute atomic E-state index is 13.6. The first-order chi connectivity index (χ1) is 15.1. The van der Waals surface area contributed by atoms with E-state index < -0.39 is 0 Å². The molecule has 0 saturated heterocycles. The summed E-state index contributed by atoms with van der Waals surface area (Å²) in [4.78, 5) is 30.7. The van der Waals surface area contributed by atoms with Crippen LogP contribution in [0.15, 0.2) is 66.0 Å². The lowest BCUT2D eigenvalue weighted by Gasteiger charge is -2.37. The minimum atomic E-state index is -0.251. The summed E-state index contributed by atoms with van der Waals surface area (Å²) in [6.07, 6.45) is 1.06. The van der Waals surface area contributed by atoms with Crippen LogP contribution in [-0.2, 0) is 22.6 Å². The van der Waals surface area contributed by atoms with Crippen LogP contribution in [0.3, 0.4) is 0 Å². The third kappa shape index (κ3) is 4.64. The summed E-state index contributed by atoms with van der Waals surface area (Å²) >= 11 is 1.63. The van der Waals surface area contributed by atoms with Crippen molar-refractivity contribution in [1.29, 1.82) is 0 Å². The van der Waals surface area contributed by atoms with Crippen molar-refractivity contribution in [2.24, 2.45) is 0 Å². The van der Waals surface area contributed by atoms with Crippen molar-refractivity contribution in [2.45, 2.75) is 32.4 Å². The van der Waals surface area contributed by atoms with E-state index in [2.05, 4.69) is 6.07 Å². The van der Waals surface area contributed by atoms with Crippen LogP contribution < -0.4 is 9.64 Å². The van der Waals surface area contributed by atoms with Gasteiger partial charge in [-0.1, -0.05) is 30.3 Å². The van der Waals surface area contributed by atoms with Gasteiger partial charge in [0, 0.05) is 24.0 Å². The SMILES string of the molecule is COc1ccc(N(Cc2cccs2)C(=O)CC2c3ccccc3CCN2C(C)=O)cc1. The molecule has 0 bridgehead atoms. The first kappa shape index (κ1) is 21.1. The predicted molar refractivity (Wildman–Crippen MR) is 123 cm³/mol. The summed E-state index contributed by atoms with van der Waals surface area (Å²) in [7, 11) is 1.63. The number of carbonyl (C=O) groups is 2. The summed E-state index contributed by atoms with van der Waals surface area (Å²) in [6.45, 7) is 2.72. The Kier molecular flexibility index (Phi) is 6.37. The number of methoxy groups -OCH3 is 1. The molecule has 4 rings (SSSR count). The number of thiophene rings is 1. The molecule has 2 aromatic carbocycles. The molecule has 0 saturated carbocycles. The van der Waals surface area contributed by atoms with E-state index in [1.165, 1.54) is 5.56 Å². The van der Waals surface area contributed by atoms with Crippen LogP contribution >= 0.6 is 11.3 Å². The Balaban J connectivity index is 1.65. The molecule has 1 aliphatic heterocycles. The lowest BCUT2D eigenvalue weighted by atomic mass is 9.90. The molecule has 0 radical (unpaired) electrons. The minimum absolute atomic E-state index is 0.00144. The van der Waals surface area contributed by atoms with Crippen molar-refractivity contribution >= 4 is 28.8 Å². The first-order valence-electron chi connectivity index (χ1n) is 10.4. The first-order valence-corrected chi connectivity index (χ1v) is 11.3. The number of amides is 2. The summed E-state index contributed by atoms with van der Waals surface area (Å²) < 4.78 is 5.27. The monoisotopic (exact) mass is 434 g/mol.